The summed E-state index contributed by atoms with van der Waals surface area (Å²) in [7, 11) is 0. The smallest absolute Gasteiger partial charge is 0.344 e. The molecule has 1 rings (SSSR count). The van der Waals surface area contributed by atoms with Crippen molar-refractivity contribution in [3.8, 4) is 5.75 Å². The summed E-state index contributed by atoms with van der Waals surface area (Å²) in [5.41, 5.74) is -0.155. The number of carbonyl (C=O) groups is 1. The van der Waals surface area contributed by atoms with Crippen LogP contribution in [0.2, 0.25) is 0 Å². The van der Waals surface area contributed by atoms with Crippen LogP contribution < -0.4 is 4.74 Å². The van der Waals surface area contributed by atoms with Gasteiger partial charge in [-0.1, -0.05) is 19.4 Å². The third-order valence-electron chi connectivity index (χ3n) is 2.50. The van der Waals surface area contributed by atoms with Crippen LogP contribution in [0.3, 0.4) is 0 Å². The molecule has 0 bridgehead atoms. The molecule has 0 spiro atoms. The average molecular weight is 332 g/mol. The molecule has 1 N–H and O–H groups in total. The first-order valence-electron chi connectivity index (χ1n) is 5.79. The molecule has 0 aliphatic carbocycles. The summed E-state index contributed by atoms with van der Waals surface area (Å²) in [5.74, 6) is -0.912. The lowest BCUT2D eigenvalue weighted by molar-refractivity contribution is -0.385. The van der Waals surface area contributed by atoms with Gasteiger partial charge in [0.1, 0.15) is 10.2 Å². The fraction of sp³-hybridized carbons (Fsp3) is 0.417. The number of hydrogen-bond acceptors (Lipinski definition) is 4. The van der Waals surface area contributed by atoms with E-state index in [2.05, 4.69) is 15.9 Å². The number of nitro groups is 1. The van der Waals surface area contributed by atoms with Crippen LogP contribution in [0.15, 0.2) is 22.7 Å². The molecule has 1 aromatic rings. The third kappa shape index (κ3) is 4.20. The molecule has 104 valence electrons. The highest BCUT2D eigenvalue weighted by molar-refractivity contribution is 9.10. The number of hydrogen-bond donors (Lipinski definition) is 1. The molecule has 7 heteroatoms. The van der Waals surface area contributed by atoms with Crippen LogP contribution in [-0.2, 0) is 4.79 Å². The molecule has 0 radical (unpaired) electrons. The molecule has 0 aromatic heterocycles. The van der Waals surface area contributed by atoms with E-state index in [0.29, 0.717) is 12.8 Å². The number of benzene rings is 1. The van der Waals surface area contributed by atoms with Gasteiger partial charge in [-0.25, -0.2) is 4.79 Å². The van der Waals surface area contributed by atoms with Gasteiger partial charge in [-0.2, -0.15) is 0 Å². The van der Waals surface area contributed by atoms with Crippen molar-refractivity contribution in [1.82, 2.24) is 0 Å². The molecular weight excluding hydrogens is 318 g/mol. The molecule has 1 aromatic carbocycles. The van der Waals surface area contributed by atoms with Gasteiger partial charge in [-0.15, -0.1) is 0 Å². The second-order valence-electron chi connectivity index (χ2n) is 3.93. The normalized spacial score (nSPS) is 11.9. The zero-order valence-electron chi connectivity index (χ0n) is 10.3. The first-order chi connectivity index (χ1) is 8.97. The molecule has 19 heavy (non-hydrogen) atoms. The highest BCUT2D eigenvalue weighted by Gasteiger charge is 2.22. The van der Waals surface area contributed by atoms with Gasteiger partial charge in [0.2, 0.25) is 0 Å². The van der Waals surface area contributed by atoms with Crippen molar-refractivity contribution in [2.75, 3.05) is 0 Å². The first kappa shape index (κ1) is 15.4. The molecule has 0 aliphatic rings. The maximum absolute atomic E-state index is 11.1. The molecule has 0 aliphatic heterocycles. The zero-order valence-corrected chi connectivity index (χ0v) is 11.9. The van der Waals surface area contributed by atoms with Gasteiger partial charge in [0.25, 0.3) is 5.69 Å². The Hall–Kier alpha value is -1.63. The fourth-order valence-electron chi connectivity index (χ4n) is 1.51. The lowest BCUT2D eigenvalue weighted by atomic mass is 10.1. The Bertz CT molecular complexity index is 477. The number of aliphatic carboxylic acids is 1. The van der Waals surface area contributed by atoms with E-state index >= 15 is 0 Å². The van der Waals surface area contributed by atoms with E-state index in [4.69, 9.17) is 9.84 Å². The number of halogens is 1. The van der Waals surface area contributed by atoms with Gasteiger partial charge in [0.15, 0.2) is 6.10 Å². The second-order valence-corrected chi connectivity index (χ2v) is 4.73. The maximum Gasteiger partial charge on any atom is 0.344 e. The Morgan fingerprint density at radius 3 is 2.79 bits per heavy atom. The van der Waals surface area contributed by atoms with E-state index in [9.17, 15) is 14.9 Å². The first-order valence-corrected chi connectivity index (χ1v) is 6.59. The Morgan fingerprint density at radius 1 is 1.58 bits per heavy atom. The molecule has 1 unspecified atom stereocenters. The Balaban J connectivity index is 2.93. The van der Waals surface area contributed by atoms with E-state index in [1.165, 1.54) is 18.2 Å². The van der Waals surface area contributed by atoms with Crippen molar-refractivity contribution in [2.24, 2.45) is 0 Å². The van der Waals surface area contributed by atoms with Crippen molar-refractivity contribution in [3.05, 3.63) is 32.8 Å². The van der Waals surface area contributed by atoms with Crippen LogP contribution in [0.5, 0.6) is 5.75 Å². The number of ether oxygens (including phenoxy) is 1. The summed E-state index contributed by atoms with van der Waals surface area (Å²) in [4.78, 5) is 21.3. The largest absolute Gasteiger partial charge is 0.479 e. The van der Waals surface area contributed by atoms with E-state index in [0.717, 1.165) is 6.42 Å². The lowest BCUT2D eigenvalue weighted by Gasteiger charge is -2.15. The van der Waals surface area contributed by atoms with Crippen LogP contribution in [0.1, 0.15) is 26.2 Å². The van der Waals surface area contributed by atoms with Gasteiger partial charge >= 0.3 is 5.97 Å². The van der Waals surface area contributed by atoms with Crippen LogP contribution in [-0.4, -0.2) is 22.1 Å². The summed E-state index contributed by atoms with van der Waals surface area (Å²) < 4.78 is 5.50. The number of nitrogens with zero attached hydrogens (tertiary/aromatic N) is 1. The molecule has 1 atom stereocenters. The second kappa shape index (κ2) is 7.08. The minimum absolute atomic E-state index is 0.155. The van der Waals surface area contributed by atoms with Crippen molar-refractivity contribution in [1.29, 1.82) is 0 Å². The Kier molecular flexibility index (Phi) is 5.75. The monoisotopic (exact) mass is 331 g/mol. The van der Waals surface area contributed by atoms with Crippen LogP contribution in [0.4, 0.5) is 5.69 Å². The average Bonchev–Trinajstić information content (AvgIpc) is 2.35. The number of rotatable bonds is 7. The van der Waals surface area contributed by atoms with Gasteiger partial charge in [0, 0.05) is 6.07 Å². The molecular formula is C12H14BrNO5. The molecule has 0 fully saturated rings. The fourth-order valence-corrected chi connectivity index (χ4v) is 2.01. The SMILES string of the molecule is CCCCC(Oc1cccc([N+](=O)[O-])c1Br)C(=O)O. The van der Waals surface area contributed by atoms with E-state index in [1.54, 1.807) is 0 Å². The van der Waals surface area contributed by atoms with Gasteiger partial charge in [-0.3, -0.25) is 10.1 Å². The minimum atomic E-state index is -1.08. The predicted molar refractivity (Wildman–Crippen MR) is 72.4 cm³/mol. The van der Waals surface area contributed by atoms with E-state index < -0.39 is 17.0 Å². The molecule has 6 nitrogen and oxygen atoms in total. The predicted octanol–water partition coefficient (Wildman–Crippen LogP) is 3.38. The molecule has 0 amide bonds. The highest BCUT2D eigenvalue weighted by atomic mass is 79.9. The van der Waals surface area contributed by atoms with Crippen molar-refractivity contribution < 1.29 is 19.6 Å². The summed E-state index contributed by atoms with van der Waals surface area (Å²) in [6.45, 7) is 1.95. The van der Waals surface area contributed by atoms with Gasteiger partial charge < -0.3 is 9.84 Å². The standard InChI is InChI=1S/C12H14BrNO5/c1-2-3-6-10(12(15)16)19-9-7-4-5-8(11(9)13)14(17)18/h4-5,7,10H,2-3,6H2,1H3,(H,15,16). The van der Waals surface area contributed by atoms with Crippen molar-refractivity contribution in [2.45, 2.75) is 32.3 Å². The number of unbranched alkanes of at least 4 members (excludes halogenated alkanes) is 1. The Morgan fingerprint density at radius 2 is 2.26 bits per heavy atom. The maximum atomic E-state index is 11.1. The Labute approximate surface area is 118 Å². The summed E-state index contributed by atoms with van der Waals surface area (Å²) >= 11 is 3.07. The molecule has 0 heterocycles. The summed E-state index contributed by atoms with van der Waals surface area (Å²) in [5, 5.41) is 19.8. The number of nitro benzene ring substituents is 1. The number of carboxylic acid groups (broad SMARTS) is 1. The van der Waals surface area contributed by atoms with Crippen LogP contribution in [0.25, 0.3) is 0 Å². The molecule has 0 saturated heterocycles. The minimum Gasteiger partial charge on any atom is -0.479 e. The third-order valence-corrected chi connectivity index (χ3v) is 3.30. The van der Waals surface area contributed by atoms with Crippen molar-refractivity contribution >= 4 is 27.6 Å². The molecule has 0 saturated carbocycles. The highest BCUT2D eigenvalue weighted by Crippen LogP contribution is 2.34. The number of carboxylic acids is 1. The van der Waals surface area contributed by atoms with Gasteiger partial charge in [-0.05, 0) is 34.8 Å². The lowest BCUT2D eigenvalue weighted by Crippen LogP contribution is -2.27. The zero-order chi connectivity index (χ0) is 14.4. The van der Waals surface area contributed by atoms with E-state index in [1.807, 2.05) is 6.92 Å². The summed E-state index contributed by atoms with van der Waals surface area (Å²) in [6, 6.07) is 4.27. The topological polar surface area (TPSA) is 89.7 Å². The van der Waals surface area contributed by atoms with Crippen LogP contribution in [0, 0.1) is 10.1 Å². The quantitative estimate of drug-likeness (QED) is 0.611. The van der Waals surface area contributed by atoms with Gasteiger partial charge in [0.05, 0.1) is 4.92 Å². The van der Waals surface area contributed by atoms with Crippen LogP contribution >= 0.6 is 15.9 Å². The summed E-state index contributed by atoms with van der Waals surface area (Å²) in [6.07, 6.45) is 0.923. The van der Waals surface area contributed by atoms with E-state index in [-0.39, 0.29) is 15.9 Å². The van der Waals surface area contributed by atoms with Crippen molar-refractivity contribution in [3.63, 3.8) is 0 Å².